The summed E-state index contributed by atoms with van der Waals surface area (Å²) in [6.45, 7) is 0. The molecule has 140 valence electrons. The maximum atomic E-state index is 14.0. The van der Waals surface area contributed by atoms with Crippen LogP contribution in [0.2, 0.25) is 0 Å². The van der Waals surface area contributed by atoms with E-state index in [9.17, 15) is 44.3 Å². The normalized spacial score (nSPS) is 19.7. The third-order valence-electron chi connectivity index (χ3n) is 4.02. The van der Waals surface area contributed by atoms with Gasteiger partial charge < -0.3 is 5.73 Å². The van der Waals surface area contributed by atoms with Crippen LogP contribution in [0.4, 0.5) is 45.2 Å². The summed E-state index contributed by atoms with van der Waals surface area (Å²) in [4.78, 5) is 12.0. The fourth-order valence-corrected chi connectivity index (χ4v) is 2.61. The zero-order valence-electron chi connectivity index (χ0n) is 12.1. The van der Waals surface area contributed by atoms with Gasteiger partial charge in [0.25, 0.3) is 0 Å². The first-order valence-electron chi connectivity index (χ1n) is 6.77. The number of anilines is 1. The Morgan fingerprint density at radius 2 is 1.48 bits per heavy atom. The summed E-state index contributed by atoms with van der Waals surface area (Å²) < 4.78 is 117. The molecule has 2 N–H and O–H groups in total. The van der Waals surface area contributed by atoms with Gasteiger partial charge in [0.05, 0.1) is 5.92 Å². The van der Waals surface area contributed by atoms with Crippen molar-refractivity contribution in [2.24, 2.45) is 5.92 Å². The lowest BCUT2D eigenvalue weighted by Gasteiger charge is -2.38. The van der Waals surface area contributed by atoms with Crippen LogP contribution in [-0.4, -0.2) is 29.7 Å². The second kappa shape index (κ2) is 5.53. The van der Waals surface area contributed by atoms with E-state index in [4.69, 9.17) is 5.73 Å². The van der Waals surface area contributed by atoms with Crippen molar-refractivity contribution < 1.29 is 44.3 Å². The first-order chi connectivity index (χ1) is 11.1. The number of nitrogens with two attached hydrogens (primary N) is 1. The van der Waals surface area contributed by atoms with E-state index in [-0.39, 0.29) is 17.7 Å². The molecule has 11 heteroatoms. The molecule has 0 saturated heterocycles. The van der Waals surface area contributed by atoms with E-state index in [0.29, 0.717) is 0 Å². The summed E-state index contributed by atoms with van der Waals surface area (Å²) in [5, 5.41) is 0. The molecule has 0 bridgehead atoms. The fraction of sp³-hybridized carbons (Fsp3) is 0.500. The van der Waals surface area contributed by atoms with Crippen LogP contribution in [0.3, 0.4) is 0 Å². The van der Waals surface area contributed by atoms with Gasteiger partial charge in [-0.3, -0.25) is 4.79 Å². The molecule has 0 aliphatic heterocycles. The maximum Gasteiger partial charge on any atom is 0.460 e. The zero-order chi connectivity index (χ0) is 19.4. The first-order valence-corrected chi connectivity index (χ1v) is 6.77. The molecule has 0 saturated carbocycles. The number of benzene rings is 1. The Kier molecular flexibility index (Phi) is 4.29. The summed E-state index contributed by atoms with van der Waals surface area (Å²) in [6, 6.07) is 3.45. The number of Topliss-reactive ketones (excluding diaryl/α,β-unsaturated/α-hetero) is 1. The molecule has 0 heterocycles. The highest BCUT2D eigenvalue weighted by atomic mass is 19.4. The number of nitrogen functional groups attached to an aromatic ring is 1. The predicted octanol–water partition coefficient (Wildman–Crippen LogP) is 4.48. The molecule has 1 aliphatic carbocycles. The van der Waals surface area contributed by atoms with Crippen LogP contribution in [0.1, 0.15) is 22.3 Å². The highest BCUT2D eigenvalue weighted by molar-refractivity contribution is 6.01. The van der Waals surface area contributed by atoms with Gasteiger partial charge in [0, 0.05) is 11.3 Å². The Balaban J connectivity index is 2.48. The molecule has 0 spiro atoms. The van der Waals surface area contributed by atoms with Crippen molar-refractivity contribution in [3.05, 3.63) is 29.3 Å². The van der Waals surface area contributed by atoms with Crippen LogP contribution >= 0.6 is 0 Å². The standard InChI is InChI=1S/C14H10F9NO/c15-11(16,12(17,18)13(19,20)14(21,22)23)9-4-2-6-1-3-7(24)5-8(6)10(9)25/h1,3,5,9H,2,4,24H2. The fourth-order valence-electron chi connectivity index (χ4n) is 2.61. The third kappa shape index (κ3) is 2.73. The molecule has 0 aromatic heterocycles. The summed E-state index contributed by atoms with van der Waals surface area (Å²) in [7, 11) is 0. The monoisotopic (exact) mass is 379 g/mol. The van der Waals surface area contributed by atoms with Crippen molar-refractivity contribution in [3.63, 3.8) is 0 Å². The molecule has 25 heavy (non-hydrogen) atoms. The third-order valence-corrected chi connectivity index (χ3v) is 4.02. The molecule has 1 atom stereocenters. The minimum Gasteiger partial charge on any atom is -0.399 e. The Hall–Kier alpha value is -1.94. The molecular weight excluding hydrogens is 369 g/mol. The number of rotatable bonds is 3. The van der Waals surface area contributed by atoms with Crippen LogP contribution in [0.15, 0.2) is 18.2 Å². The Morgan fingerprint density at radius 3 is 2.00 bits per heavy atom. The average molecular weight is 379 g/mol. The van der Waals surface area contributed by atoms with E-state index in [0.717, 1.165) is 6.07 Å². The van der Waals surface area contributed by atoms with Gasteiger partial charge in [-0.05, 0) is 30.5 Å². The largest absolute Gasteiger partial charge is 0.460 e. The van der Waals surface area contributed by atoms with Crippen LogP contribution in [0.25, 0.3) is 0 Å². The van der Waals surface area contributed by atoms with E-state index >= 15 is 0 Å². The molecule has 1 aliphatic rings. The van der Waals surface area contributed by atoms with E-state index in [1.807, 2.05) is 0 Å². The van der Waals surface area contributed by atoms with Crippen molar-refractivity contribution in [1.29, 1.82) is 0 Å². The van der Waals surface area contributed by atoms with Gasteiger partial charge in [-0.1, -0.05) is 6.07 Å². The maximum absolute atomic E-state index is 14.0. The van der Waals surface area contributed by atoms with Gasteiger partial charge in [0.15, 0.2) is 5.78 Å². The van der Waals surface area contributed by atoms with Crippen LogP contribution in [-0.2, 0) is 6.42 Å². The zero-order valence-corrected chi connectivity index (χ0v) is 12.1. The summed E-state index contributed by atoms with van der Waals surface area (Å²) in [6.07, 6.45) is -8.30. The molecule has 0 fully saturated rings. The Morgan fingerprint density at radius 1 is 0.920 bits per heavy atom. The minimum atomic E-state index is -7.01. The van der Waals surface area contributed by atoms with E-state index < -0.39 is 47.6 Å². The molecule has 1 aromatic rings. The molecular formula is C14H10F9NO. The first kappa shape index (κ1) is 19.4. The number of carbonyl (C=O) groups excluding carboxylic acids is 1. The number of hydrogen-bond acceptors (Lipinski definition) is 2. The lowest BCUT2D eigenvalue weighted by molar-refractivity contribution is -0.400. The van der Waals surface area contributed by atoms with Crippen molar-refractivity contribution in [1.82, 2.24) is 0 Å². The topological polar surface area (TPSA) is 43.1 Å². The number of alkyl halides is 9. The second-order valence-corrected chi connectivity index (χ2v) is 5.64. The molecule has 2 rings (SSSR count). The Bertz CT molecular complexity index is 696. The summed E-state index contributed by atoms with van der Waals surface area (Å²) in [5.41, 5.74) is 4.94. The predicted molar refractivity (Wildman–Crippen MR) is 67.9 cm³/mol. The van der Waals surface area contributed by atoms with Gasteiger partial charge in [-0.25, -0.2) is 0 Å². The highest BCUT2D eigenvalue weighted by Gasteiger charge is 2.83. The van der Waals surface area contributed by atoms with Gasteiger partial charge in [-0.2, -0.15) is 39.5 Å². The second-order valence-electron chi connectivity index (χ2n) is 5.64. The molecule has 2 nitrogen and oxygen atoms in total. The smallest absolute Gasteiger partial charge is 0.399 e. The molecule has 1 unspecified atom stereocenters. The number of fused-ring (bicyclic) bond motifs is 1. The molecule has 0 radical (unpaired) electrons. The molecule has 0 amide bonds. The summed E-state index contributed by atoms with van der Waals surface area (Å²) >= 11 is 0. The number of aryl methyl sites for hydroxylation is 1. The Labute approximate surface area is 134 Å². The number of halogens is 9. The highest BCUT2D eigenvalue weighted by Crippen LogP contribution is 2.56. The van der Waals surface area contributed by atoms with E-state index in [2.05, 4.69) is 0 Å². The SMILES string of the molecule is Nc1ccc2c(c1)C(=O)C(C(F)(F)C(F)(F)C(F)(F)C(F)(F)F)CC2. The van der Waals surface area contributed by atoms with Crippen molar-refractivity contribution >= 4 is 11.5 Å². The lowest BCUT2D eigenvalue weighted by atomic mass is 9.76. The molecule has 1 aromatic carbocycles. The number of hydrogen-bond donors (Lipinski definition) is 1. The van der Waals surface area contributed by atoms with Crippen LogP contribution < -0.4 is 5.73 Å². The van der Waals surface area contributed by atoms with Gasteiger partial charge in [0.1, 0.15) is 0 Å². The number of carbonyl (C=O) groups is 1. The van der Waals surface area contributed by atoms with Crippen LogP contribution in [0, 0.1) is 5.92 Å². The average Bonchev–Trinajstić information content (AvgIpc) is 2.46. The van der Waals surface area contributed by atoms with Crippen molar-refractivity contribution in [3.8, 4) is 0 Å². The van der Waals surface area contributed by atoms with Crippen LogP contribution in [0.5, 0.6) is 0 Å². The minimum absolute atomic E-state index is 0.0801. The van der Waals surface area contributed by atoms with Gasteiger partial charge >= 0.3 is 23.9 Å². The lowest BCUT2D eigenvalue weighted by Crippen LogP contribution is -2.64. The number of ketones is 1. The van der Waals surface area contributed by atoms with E-state index in [1.54, 1.807) is 0 Å². The summed E-state index contributed by atoms with van der Waals surface area (Å²) in [5.74, 6) is -24.4. The van der Waals surface area contributed by atoms with Gasteiger partial charge in [-0.15, -0.1) is 0 Å². The van der Waals surface area contributed by atoms with E-state index in [1.165, 1.54) is 12.1 Å². The van der Waals surface area contributed by atoms with Gasteiger partial charge in [0.2, 0.25) is 0 Å². The van der Waals surface area contributed by atoms with Crippen molar-refractivity contribution in [2.45, 2.75) is 36.8 Å². The quantitative estimate of drug-likeness (QED) is 0.622. The van der Waals surface area contributed by atoms with Crippen molar-refractivity contribution in [2.75, 3.05) is 5.73 Å².